The minimum Gasteiger partial charge on any atom is -0.481 e. The predicted octanol–water partition coefficient (Wildman–Crippen LogP) is 3.16. The highest BCUT2D eigenvalue weighted by Gasteiger charge is 2.19. The van der Waals surface area contributed by atoms with E-state index in [1.807, 2.05) is 42.5 Å². The Bertz CT molecular complexity index is 802. The highest BCUT2D eigenvalue weighted by Crippen LogP contribution is 2.21. The molecule has 1 aromatic heterocycles. The van der Waals surface area contributed by atoms with Crippen LogP contribution in [-0.2, 0) is 11.3 Å². The second-order valence-corrected chi connectivity index (χ2v) is 5.71. The molecule has 6 nitrogen and oxygen atoms in total. The monoisotopic (exact) mass is 337 g/mol. The van der Waals surface area contributed by atoms with Gasteiger partial charge < -0.3 is 14.1 Å². The molecule has 6 heteroatoms. The first-order valence-corrected chi connectivity index (χ1v) is 7.95. The van der Waals surface area contributed by atoms with Gasteiger partial charge in [-0.2, -0.15) is 0 Å². The molecule has 0 N–H and O–H groups in total. The van der Waals surface area contributed by atoms with Crippen LogP contribution in [0.2, 0.25) is 0 Å². The van der Waals surface area contributed by atoms with Crippen molar-refractivity contribution in [3.8, 4) is 17.2 Å². The molecule has 0 spiro atoms. The van der Waals surface area contributed by atoms with Gasteiger partial charge >= 0.3 is 0 Å². The van der Waals surface area contributed by atoms with Crippen LogP contribution in [-0.4, -0.2) is 34.2 Å². The molecule has 128 valence electrons. The first-order chi connectivity index (χ1) is 12.1. The van der Waals surface area contributed by atoms with Crippen molar-refractivity contribution in [2.75, 3.05) is 7.05 Å². The first kappa shape index (κ1) is 16.7. The molecular formula is C19H19N3O3. The van der Waals surface area contributed by atoms with Gasteiger partial charge in [-0.15, -0.1) is 10.2 Å². The van der Waals surface area contributed by atoms with Crippen molar-refractivity contribution in [3.05, 3.63) is 66.6 Å². The molecule has 0 fully saturated rings. The molecule has 0 radical (unpaired) electrons. The number of nitrogens with zero attached hydrogens (tertiary/aromatic N) is 3. The standard InChI is InChI=1S/C19H19N3O3/c1-14(19(23)22(2)12-15-6-4-3-5-7-15)25-17-10-8-16(9-11-17)18-21-20-13-24-18/h3-11,13-14H,12H2,1-2H3/t14-/m0/s1. The number of amides is 1. The van der Waals surface area contributed by atoms with Crippen molar-refractivity contribution >= 4 is 5.91 Å². The molecule has 1 amide bonds. The summed E-state index contributed by atoms with van der Waals surface area (Å²) >= 11 is 0. The molecule has 1 atom stereocenters. The van der Waals surface area contributed by atoms with Gasteiger partial charge in [0.05, 0.1) is 0 Å². The number of carbonyl (C=O) groups excluding carboxylic acids is 1. The maximum absolute atomic E-state index is 12.5. The summed E-state index contributed by atoms with van der Waals surface area (Å²) in [7, 11) is 1.77. The van der Waals surface area contributed by atoms with Gasteiger partial charge in [0.1, 0.15) is 5.75 Å². The minimum absolute atomic E-state index is 0.0789. The molecule has 3 rings (SSSR count). The van der Waals surface area contributed by atoms with Gasteiger partial charge in [-0.3, -0.25) is 4.79 Å². The fourth-order valence-electron chi connectivity index (χ4n) is 2.48. The van der Waals surface area contributed by atoms with Gasteiger partial charge in [-0.05, 0) is 36.8 Å². The van der Waals surface area contributed by atoms with Crippen molar-refractivity contribution in [1.29, 1.82) is 0 Å². The summed E-state index contributed by atoms with van der Waals surface area (Å²) in [5.74, 6) is 0.973. The minimum atomic E-state index is -0.581. The quantitative estimate of drug-likeness (QED) is 0.691. The molecule has 3 aromatic rings. The average Bonchev–Trinajstić information content (AvgIpc) is 3.17. The van der Waals surface area contributed by atoms with Crippen LogP contribution < -0.4 is 4.74 Å². The normalized spacial score (nSPS) is 11.8. The third-order valence-corrected chi connectivity index (χ3v) is 3.76. The van der Waals surface area contributed by atoms with Crippen molar-refractivity contribution in [2.45, 2.75) is 19.6 Å². The van der Waals surface area contributed by atoms with Crippen molar-refractivity contribution < 1.29 is 13.9 Å². The van der Waals surface area contributed by atoms with E-state index in [2.05, 4.69) is 10.2 Å². The van der Waals surface area contributed by atoms with Crippen LogP contribution in [0.1, 0.15) is 12.5 Å². The molecule has 0 saturated heterocycles. The number of likely N-dealkylation sites (N-methyl/N-ethyl adjacent to an activating group) is 1. The highest BCUT2D eigenvalue weighted by molar-refractivity contribution is 5.80. The maximum atomic E-state index is 12.5. The van der Waals surface area contributed by atoms with Crippen LogP contribution in [0.25, 0.3) is 11.5 Å². The molecule has 2 aromatic carbocycles. The third kappa shape index (κ3) is 4.23. The third-order valence-electron chi connectivity index (χ3n) is 3.76. The van der Waals surface area contributed by atoms with E-state index in [9.17, 15) is 4.79 Å². The molecular weight excluding hydrogens is 318 g/mol. The first-order valence-electron chi connectivity index (χ1n) is 7.95. The lowest BCUT2D eigenvalue weighted by molar-refractivity contribution is -0.137. The highest BCUT2D eigenvalue weighted by atomic mass is 16.5. The fraction of sp³-hybridized carbons (Fsp3) is 0.211. The topological polar surface area (TPSA) is 68.5 Å². The van der Waals surface area contributed by atoms with E-state index in [0.717, 1.165) is 11.1 Å². The summed E-state index contributed by atoms with van der Waals surface area (Å²) in [5, 5.41) is 7.50. The maximum Gasteiger partial charge on any atom is 0.263 e. The smallest absolute Gasteiger partial charge is 0.263 e. The van der Waals surface area contributed by atoms with E-state index in [1.165, 1.54) is 6.39 Å². The molecule has 1 heterocycles. The number of benzene rings is 2. The van der Waals surface area contributed by atoms with E-state index >= 15 is 0 Å². The second-order valence-electron chi connectivity index (χ2n) is 5.71. The summed E-state index contributed by atoms with van der Waals surface area (Å²) < 4.78 is 10.9. The largest absolute Gasteiger partial charge is 0.481 e. The van der Waals surface area contributed by atoms with E-state index in [0.29, 0.717) is 18.2 Å². The second kappa shape index (κ2) is 7.61. The molecule has 0 unspecified atom stereocenters. The Kier molecular flexibility index (Phi) is 5.09. The Morgan fingerprint density at radius 1 is 1.16 bits per heavy atom. The van der Waals surface area contributed by atoms with Gasteiger partial charge in [0.2, 0.25) is 12.3 Å². The molecule has 0 aliphatic heterocycles. The molecule has 0 aliphatic rings. The SMILES string of the molecule is C[C@H](Oc1ccc(-c2nnco2)cc1)C(=O)N(C)Cc1ccccc1. The fourth-order valence-corrected chi connectivity index (χ4v) is 2.48. The predicted molar refractivity (Wildman–Crippen MR) is 92.7 cm³/mol. The van der Waals surface area contributed by atoms with E-state index in [4.69, 9.17) is 9.15 Å². The van der Waals surface area contributed by atoms with Crippen molar-refractivity contribution in [1.82, 2.24) is 15.1 Å². The molecule has 0 bridgehead atoms. The van der Waals surface area contributed by atoms with Crippen molar-refractivity contribution in [2.24, 2.45) is 0 Å². The molecule has 0 aliphatic carbocycles. The van der Waals surface area contributed by atoms with Crippen LogP contribution in [0.3, 0.4) is 0 Å². The Labute approximate surface area is 146 Å². The van der Waals surface area contributed by atoms with Crippen LogP contribution in [0.4, 0.5) is 0 Å². The van der Waals surface area contributed by atoms with Gasteiger partial charge in [0, 0.05) is 19.2 Å². The number of aromatic nitrogens is 2. The zero-order valence-corrected chi connectivity index (χ0v) is 14.1. The lowest BCUT2D eigenvalue weighted by Gasteiger charge is -2.22. The van der Waals surface area contributed by atoms with E-state index in [-0.39, 0.29) is 5.91 Å². The molecule has 25 heavy (non-hydrogen) atoms. The van der Waals surface area contributed by atoms with E-state index < -0.39 is 6.10 Å². The van der Waals surface area contributed by atoms with Crippen LogP contribution in [0.15, 0.2) is 65.4 Å². The zero-order valence-electron chi connectivity index (χ0n) is 14.1. The number of hydrogen-bond donors (Lipinski definition) is 0. The zero-order chi connectivity index (χ0) is 17.6. The average molecular weight is 337 g/mol. The van der Waals surface area contributed by atoms with Crippen molar-refractivity contribution in [3.63, 3.8) is 0 Å². The van der Waals surface area contributed by atoms with Gasteiger partial charge in [-0.25, -0.2) is 0 Å². The summed E-state index contributed by atoms with van der Waals surface area (Å²) in [4.78, 5) is 14.1. The van der Waals surface area contributed by atoms with E-state index in [1.54, 1.807) is 31.0 Å². The Balaban J connectivity index is 1.59. The lowest BCUT2D eigenvalue weighted by atomic mass is 10.2. The van der Waals surface area contributed by atoms with Gasteiger partial charge in [-0.1, -0.05) is 30.3 Å². The Hall–Kier alpha value is -3.15. The summed E-state index contributed by atoms with van der Waals surface area (Å²) in [6.45, 7) is 2.29. The number of hydrogen-bond acceptors (Lipinski definition) is 5. The summed E-state index contributed by atoms with van der Waals surface area (Å²) in [6.07, 6.45) is 0.700. The Morgan fingerprint density at radius 3 is 2.52 bits per heavy atom. The number of carbonyl (C=O) groups is 1. The Morgan fingerprint density at radius 2 is 1.88 bits per heavy atom. The number of rotatable bonds is 6. The van der Waals surface area contributed by atoms with Crippen LogP contribution in [0.5, 0.6) is 5.75 Å². The number of ether oxygens (including phenoxy) is 1. The summed E-state index contributed by atoms with van der Waals surface area (Å²) in [6, 6.07) is 17.0. The van der Waals surface area contributed by atoms with Gasteiger partial charge in [0.25, 0.3) is 5.91 Å². The summed E-state index contributed by atoms with van der Waals surface area (Å²) in [5.41, 5.74) is 1.87. The van der Waals surface area contributed by atoms with Gasteiger partial charge in [0.15, 0.2) is 6.10 Å². The van der Waals surface area contributed by atoms with Crippen LogP contribution >= 0.6 is 0 Å². The lowest BCUT2D eigenvalue weighted by Crippen LogP contribution is -2.37. The molecule has 0 saturated carbocycles. The van der Waals surface area contributed by atoms with Crippen LogP contribution in [0, 0.1) is 0 Å².